The van der Waals surface area contributed by atoms with E-state index in [9.17, 15) is 8.42 Å². The van der Waals surface area contributed by atoms with Crippen molar-refractivity contribution in [2.45, 2.75) is 16.0 Å². The molecule has 0 amide bonds. The largest absolute Gasteiger partial charge is 0.314 e. The maximum atomic E-state index is 12.7. The molecule has 0 bridgehead atoms. The van der Waals surface area contributed by atoms with Crippen LogP contribution in [0.5, 0.6) is 0 Å². The van der Waals surface area contributed by atoms with Crippen molar-refractivity contribution in [2.24, 2.45) is 0 Å². The van der Waals surface area contributed by atoms with Crippen molar-refractivity contribution < 1.29 is 8.42 Å². The van der Waals surface area contributed by atoms with Crippen molar-refractivity contribution in [2.75, 3.05) is 26.2 Å². The summed E-state index contributed by atoms with van der Waals surface area (Å²) < 4.78 is 26.0. The minimum Gasteiger partial charge on any atom is -0.314 e. The Morgan fingerprint density at radius 3 is 2.68 bits per heavy atom. The Kier molecular flexibility index (Phi) is 3.57. The lowest BCUT2D eigenvalue weighted by Gasteiger charge is -2.35. The van der Waals surface area contributed by atoms with Gasteiger partial charge in [-0.2, -0.15) is 0 Å². The summed E-state index contributed by atoms with van der Waals surface area (Å²) in [5.41, 5.74) is 3.04. The Morgan fingerprint density at radius 1 is 1.09 bits per heavy atom. The molecule has 0 aliphatic carbocycles. The first kappa shape index (κ1) is 14.4. The molecule has 1 atom stereocenters. The van der Waals surface area contributed by atoms with Gasteiger partial charge in [-0.05, 0) is 22.6 Å². The number of sulfone groups is 1. The van der Waals surface area contributed by atoms with E-state index in [4.69, 9.17) is 0 Å². The molecule has 1 unspecified atom stereocenters. The maximum absolute atomic E-state index is 12.7. The zero-order valence-electron chi connectivity index (χ0n) is 12.2. The van der Waals surface area contributed by atoms with Gasteiger partial charge in [-0.25, -0.2) is 8.42 Å². The van der Waals surface area contributed by atoms with E-state index in [2.05, 4.69) is 16.3 Å². The molecular weight excluding hydrogens is 316 g/mol. The first-order valence-electron chi connectivity index (χ1n) is 7.49. The highest BCUT2D eigenvalue weighted by atomic mass is 32.2. The van der Waals surface area contributed by atoms with Crippen LogP contribution in [0.1, 0.15) is 22.7 Å². The van der Waals surface area contributed by atoms with Crippen molar-refractivity contribution >= 4 is 21.2 Å². The summed E-state index contributed by atoms with van der Waals surface area (Å²) in [5.74, 6) is 0.110. The summed E-state index contributed by atoms with van der Waals surface area (Å²) in [6.07, 6.45) is 0. The van der Waals surface area contributed by atoms with E-state index in [1.807, 2.05) is 29.6 Å². The first-order chi connectivity index (χ1) is 10.7. The van der Waals surface area contributed by atoms with Crippen molar-refractivity contribution in [1.82, 2.24) is 10.2 Å². The van der Waals surface area contributed by atoms with Gasteiger partial charge in [-0.3, -0.25) is 4.90 Å². The maximum Gasteiger partial charge on any atom is 0.192 e. The zero-order chi connectivity index (χ0) is 15.2. The number of nitrogens with zero attached hydrogens (tertiary/aromatic N) is 1. The number of thiophene rings is 1. The van der Waals surface area contributed by atoms with Gasteiger partial charge in [0.15, 0.2) is 9.84 Å². The van der Waals surface area contributed by atoms with E-state index in [1.165, 1.54) is 11.3 Å². The second-order valence-electron chi connectivity index (χ2n) is 5.81. The highest BCUT2D eigenvalue weighted by Crippen LogP contribution is 2.42. The van der Waals surface area contributed by atoms with Gasteiger partial charge in [0.05, 0.1) is 11.8 Å². The molecule has 1 aromatic carbocycles. The molecule has 116 valence electrons. The lowest BCUT2D eigenvalue weighted by Crippen LogP contribution is -2.45. The van der Waals surface area contributed by atoms with Crippen LogP contribution in [0.15, 0.2) is 39.9 Å². The number of hydrogen-bond acceptors (Lipinski definition) is 5. The quantitative estimate of drug-likeness (QED) is 0.867. The molecule has 2 aliphatic heterocycles. The molecule has 2 aromatic rings. The molecule has 3 heterocycles. The van der Waals surface area contributed by atoms with Crippen LogP contribution in [0.25, 0.3) is 0 Å². The summed E-state index contributed by atoms with van der Waals surface area (Å²) in [6.45, 7) is 3.78. The molecule has 0 radical (unpaired) electrons. The normalized spacial score (nSPS) is 24.3. The fraction of sp³-hybridized carbons (Fsp3) is 0.375. The van der Waals surface area contributed by atoms with Gasteiger partial charge < -0.3 is 5.32 Å². The number of nitrogens with one attached hydrogen (secondary N) is 1. The van der Waals surface area contributed by atoms with Gasteiger partial charge in [-0.1, -0.05) is 24.3 Å². The summed E-state index contributed by atoms with van der Waals surface area (Å²) >= 11 is 1.35. The number of hydrogen-bond donors (Lipinski definition) is 1. The standard InChI is InChI=1S/C16H18N2O2S2/c19-22(20)11-12-3-1-2-4-13(12)15(14-5-10-21-16(14)22)18-8-6-17-7-9-18/h1-5,10,15,17H,6-9,11H2. The van der Waals surface area contributed by atoms with Crippen molar-refractivity contribution in [3.8, 4) is 0 Å². The first-order valence-corrected chi connectivity index (χ1v) is 10.0. The Morgan fingerprint density at radius 2 is 1.86 bits per heavy atom. The van der Waals surface area contributed by atoms with Crippen LogP contribution in [0, 0.1) is 0 Å². The van der Waals surface area contributed by atoms with Crippen molar-refractivity contribution in [3.05, 3.63) is 52.4 Å². The van der Waals surface area contributed by atoms with E-state index in [0.29, 0.717) is 4.21 Å². The van der Waals surface area contributed by atoms with E-state index in [0.717, 1.165) is 42.9 Å². The highest BCUT2D eigenvalue weighted by Gasteiger charge is 2.35. The molecule has 4 rings (SSSR count). The Hall–Kier alpha value is -1.21. The van der Waals surface area contributed by atoms with E-state index >= 15 is 0 Å². The molecule has 1 N–H and O–H groups in total. The third-order valence-electron chi connectivity index (χ3n) is 4.45. The number of piperazine rings is 1. The molecule has 4 nitrogen and oxygen atoms in total. The molecule has 1 saturated heterocycles. The lowest BCUT2D eigenvalue weighted by molar-refractivity contribution is 0.197. The topological polar surface area (TPSA) is 49.4 Å². The van der Waals surface area contributed by atoms with Crippen molar-refractivity contribution in [3.63, 3.8) is 0 Å². The predicted molar refractivity (Wildman–Crippen MR) is 87.9 cm³/mol. The SMILES string of the molecule is O=S1(=O)Cc2ccccc2C(N2CCNCC2)c2ccsc21. The van der Waals surface area contributed by atoms with E-state index in [1.54, 1.807) is 0 Å². The Labute approximate surface area is 134 Å². The van der Waals surface area contributed by atoms with Gasteiger partial charge in [0, 0.05) is 31.7 Å². The second-order valence-corrected chi connectivity index (χ2v) is 8.91. The van der Waals surface area contributed by atoms with Crippen LogP contribution in [0.3, 0.4) is 0 Å². The molecule has 1 fully saturated rings. The molecule has 0 spiro atoms. The molecule has 1 aromatic heterocycles. The van der Waals surface area contributed by atoms with E-state index < -0.39 is 9.84 Å². The minimum absolute atomic E-state index is 0.0526. The van der Waals surface area contributed by atoms with Gasteiger partial charge in [0.2, 0.25) is 0 Å². The number of fused-ring (bicyclic) bond motifs is 2. The molecule has 22 heavy (non-hydrogen) atoms. The van der Waals surface area contributed by atoms with Crippen LogP contribution >= 0.6 is 11.3 Å². The van der Waals surface area contributed by atoms with Crippen LogP contribution in [-0.4, -0.2) is 39.5 Å². The van der Waals surface area contributed by atoms with Gasteiger partial charge in [0.25, 0.3) is 0 Å². The monoisotopic (exact) mass is 334 g/mol. The zero-order valence-corrected chi connectivity index (χ0v) is 13.8. The molecule has 2 aliphatic rings. The molecule has 6 heteroatoms. The second kappa shape index (κ2) is 5.45. The molecule has 0 saturated carbocycles. The Bertz CT molecular complexity index is 792. The fourth-order valence-corrected chi connectivity index (χ4v) is 6.39. The minimum atomic E-state index is -3.24. The lowest BCUT2D eigenvalue weighted by atomic mass is 9.95. The summed E-state index contributed by atoms with van der Waals surface area (Å²) in [5, 5.41) is 5.28. The van der Waals surface area contributed by atoms with Gasteiger partial charge in [0.1, 0.15) is 4.21 Å². The Balaban J connectivity index is 1.93. The number of benzene rings is 1. The average Bonchev–Trinajstić information content (AvgIpc) is 2.97. The van der Waals surface area contributed by atoms with Crippen LogP contribution in [0.4, 0.5) is 0 Å². The third-order valence-corrected chi connectivity index (χ3v) is 7.71. The smallest absolute Gasteiger partial charge is 0.192 e. The number of rotatable bonds is 1. The average molecular weight is 334 g/mol. The van der Waals surface area contributed by atoms with Gasteiger partial charge in [-0.15, -0.1) is 11.3 Å². The van der Waals surface area contributed by atoms with Crippen LogP contribution in [-0.2, 0) is 15.6 Å². The van der Waals surface area contributed by atoms with E-state index in [-0.39, 0.29) is 11.8 Å². The van der Waals surface area contributed by atoms with Crippen LogP contribution in [0.2, 0.25) is 0 Å². The van der Waals surface area contributed by atoms with Gasteiger partial charge >= 0.3 is 0 Å². The predicted octanol–water partition coefficient (Wildman–Crippen LogP) is 2.03. The summed E-state index contributed by atoms with van der Waals surface area (Å²) in [7, 11) is -3.24. The third kappa shape index (κ3) is 2.31. The van der Waals surface area contributed by atoms with Crippen molar-refractivity contribution in [1.29, 1.82) is 0 Å². The molecular formula is C16H18N2O2S2. The summed E-state index contributed by atoms with van der Waals surface area (Å²) in [4.78, 5) is 2.40. The highest BCUT2D eigenvalue weighted by molar-refractivity contribution is 7.92. The summed E-state index contributed by atoms with van der Waals surface area (Å²) in [6, 6.07) is 10.0. The van der Waals surface area contributed by atoms with Crippen LogP contribution < -0.4 is 5.32 Å². The fourth-order valence-electron chi connectivity index (χ4n) is 3.46.